The first-order valence-electron chi connectivity index (χ1n) is 10.4. The van der Waals surface area contributed by atoms with E-state index in [-0.39, 0.29) is 45.7 Å². The minimum Gasteiger partial charge on any atom is -0.495 e. The third-order valence-corrected chi connectivity index (χ3v) is 4.93. The minimum atomic E-state index is -1.89. The van der Waals surface area contributed by atoms with Crippen LogP contribution in [0, 0.1) is 20.2 Å². The van der Waals surface area contributed by atoms with Crippen molar-refractivity contribution in [1.82, 2.24) is 0 Å². The monoisotopic (exact) mass is 511 g/mol. The molecule has 0 spiro atoms. The van der Waals surface area contributed by atoms with E-state index in [0.29, 0.717) is 0 Å². The Labute approximate surface area is 209 Å². The van der Waals surface area contributed by atoms with E-state index in [1.165, 1.54) is 25.3 Å². The largest absolute Gasteiger partial charge is 0.495 e. The van der Waals surface area contributed by atoms with E-state index < -0.39 is 34.2 Å². The molecule has 5 N–H and O–H groups in total. The molecule has 14 nitrogen and oxygen atoms in total. The van der Waals surface area contributed by atoms with Gasteiger partial charge in [0.15, 0.2) is 12.4 Å². The number of nitro groups is 2. The first kappa shape index (κ1) is 26.2. The number of para-hydroxylation sites is 2. The first-order chi connectivity index (χ1) is 17.6. The number of carbonyl (C=O) groups is 2. The van der Waals surface area contributed by atoms with Crippen LogP contribution in [0.4, 0.5) is 28.4 Å². The molecule has 0 aliphatic carbocycles. The van der Waals surface area contributed by atoms with Crippen molar-refractivity contribution in [1.29, 1.82) is 0 Å². The van der Waals surface area contributed by atoms with Crippen LogP contribution in [0.1, 0.15) is 0 Å². The molecule has 1 atom stereocenters. The van der Waals surface area contributed by atoms with Crippen LogP contribution in [-0.2, 0) is 9.59 Å². The molecule has 0 aromatic heterocycles. The fourth-order valence-corrected chi connectivity index (χ4v) is 3.06. The molecule has 3 aromatic rings. The fraction of sp³-hybridized carbons (Fsp3) is 0.130. The Morgan fingerprint density at radius 2 is 1.46 bits per heavy atom. The zero-order valence-electron chi connectivity index (χ0n) is 19.3. The third kappa shape index (κ3) is 6.39. The number of carbonyl (C=O) groups excluding carboxylic acids is 2. The molecule has 1 unspecified atom stereocenters. The quantitative estimate of drug-likeness (QED) is 0.147. The molecule has 0 aliphatic heterocycles. The van der Waals surface area contributed by atoms with E-state index in [1.54, 1.807) is 18.2 Å². The van der Waals surface area contributed by atoms with Crippen LogP contribution in [0.15, 0.2) is 60.7 Å². The van der Waals surface area contributed by atoms with Gasteiger partial charge in [0.05, 0.1) is 46.2 Å². The average Bonchev–Trinajstić information content (AvgIpc) is 2.87. The van der Waals surface area contributed by atoms with Gasteiger partial charge in [-0.25, -0.2) is 0 Å². The van der Waals surface area contributed by atoms with E-state index in [1.807, 2.05) is 0 Å². The van der Waals surface area contributed by atoms with Crippen molar-refractivity contribution in [2.75, 3.05) is 30.5 Å². The lowest BCUT2D eigenvalue weighted by Crippen LogP contribution is -2.42. The predicted molar refractivity (Wildman–Crippen MR) is 132 cm³/mol. The maximum absolute atomic E-state index is 13.1. The number of nitrogens with zero attached hydrogens (tertiary/aromatic N) is 2. The van der Waals surface area contributed by atoms with E-state index in [0.717, 1.165) is 24.3 Å². The van der Waals surface area contributed by atoms with Crippen LogP contribution in [0.5, 0.6) is 17.2 Å². The number of rotatable bonds is 11. The van der Waals surface area contributed by atoms with E-state index in [4.69, 9.17) is 25.7 Å². The predicted octanol–water partition coefficient (Wildman–Crippen LogP) is 2.71. The lowest BCUT2D eigenvalue weighted by molar-refractivity contribution is -0.385. The Bertz CT molecular complexity index is 1360. The van der Waals surface area contributed by atoms with Crippen molar-refractivity contribution < 1.29 is 33.6 Å². The molecule has 3 aromatic carbocycles. The van der Waals surface area contributed by atoms with Crippen molar-refractivity contribution in [3.63, 3.8) is 0 Å². The second kappa shape index (κ2) is 11.4. The number of methoxy groups -OCH3 is 1. The molecular weight excluding hydrogens is 490 g/mol. The number of nitrogens with one attached hydrogen (secondary N) is 1. The molecule has 0 bridgehead atoms. The van der Waals surface area contributed by atoms with Crippen molar-refractivity contribution in [2.45, 2.75) is 6.10 Å². The maximum atomic E-state index is 13.1. The minimum absolute atomic E-state index is 0.0114. The summed E-state index contributed by atoms with van der Waals surface area (Å²) in [6, 6.07) is 13.0. The van der Waals surface area contributed by atoms with Crippen LogP contribution in [0.2, 0.25) is 0 Å². The maximum Gasteiger partial charge on any atom is 0.273 e. The van der Waals surface area contributed by atoms with Gasteiger partial charge in [0, 0.05) is 12.1 Å². The van der Waals surface area contributed by atoms with Crippen molar-refractivity contribution >= 4 is 40.1 Å². The number of ketones is 1. The summed E-state index contributed by atoms with van der Waals surface area (Å²) in [4.78, 5) is 47.0. The van der Waals surface area contributed by atoms with Crippen LogP contribution < -0.4 is 31.0 Å². The number of anilines is 3. The van der Waals surface area contributed by atoms with Crippen molar-refractivity contribution in [3.8, 4) is 17.2 Å². The highest BCUT2D eigenvalue weighted by molar-refractivity contribution is 6.11. The highest BCUT2D eigenvalue weighted by Gasteiger charge is 2.31. The fourth-order valence-electron chi connectivity index (χ4n) is 3.06. The van der Waals surface area contributed by atoms with Gasteiger partial charge in [-0.1, -0.05) is 12.1 Å². The van der Waals surface area contributed by atoms with Crippen molar-refractivity contribution in [2.24, 2.45) is 0 Å². The Morgan fingerprint density at radius 1 is 0.892 bits per heavy atom. The number of amides is 1. The number of non-ortho nitro benzene ring substituents is 2. The highest BCUT2D eigenvalue weighted by Crippen LogP contribution is 2.30. The van der Waals surface area contributed by atoms with Crippen LogP contribution in [0.3, 0.4) is 0 Å². The van der Waals surface area contributed by atoms with Gasteiger partial charge in [-0.15, -0.1) is 0 Å². The third-order valence-electron chi connectivity index (χ3n) is 4.93. The van der Waals surface area contributed by atoms with Gasteiger partial charge in [-0.3, -0.25) is 29.8 Å². The number of hydrogen-bond donors (Lipinski definition) is 3. The normalized spacial score (nSPS) is 11.2. The van der Waals surface area contributed by atoms with Gasteiger partial charge in [0.2, 0.25) is 11.9 Å². The summed E-state index contributed by atoms with van der Waals surface area (Å²) in [5.41, 5.74) is 11.1. The van der Waals surface area contributed by atoms with Crippen LogP contribution in [0.25, 0.3) is 0 Å². The van der Waals surface area contributed by atoms with Crippen LogP contribution in [-0.4, -0.2) is 41.4 Å². The molecule has 3 rings (SSSR count). The summed E-state index contributed by atoms with van der Waals surface area (Å²) in [5, 5.41) is 24.7. The SMILES string of the molecule is COc1ccccc1NC(=O)C(Oc1cc([N+](=O)[O-])ccc1N)C(=O)COc1cc([N+](=O)[O-])ccc1N. The summed E-state index contributed by atoms with van der Waals surface area (Å²) in [5.74, 6) is -2.07. The molecule has 0 aliphatic rings. The van der Waals surface area contributed by atoms with Gasteiger partial charge in [0.25, 0.3) is 17.3 Å². The molecular formula is C23H21N5O9. The smallest absolute Gasteiger partial charge is 0.273 e. The lowest BCUT2D eigenvalue weighted by atomic mass is 10.2. The molecule has 0 heterocycles. The summed E-state index contributed by atoms with van der Waals surface area (Å²) in [6.45, 7) is -0.787. The molecule has 14 heteroatoms. The van der Waals surface area contributed by atoms with E-state index in [2.05, 4.69) is 5.32 Å². The second-order valence-electron chi connectivity index (χ2n) is 7.40. The zero-order valence-corrected chi connectivity index (χ0v) is 19.3. The molecule has 0 saturated heterocycles. The number of hydrogen-bond acceptors (Lipinski definition) is 11. The lowest BCUT2D eigenvalue weighted by Gasteiger charge is -2.20. The number of benzene rings is 3. The Morgan fingerprint density at radius 3 is 2.05 bits per heavy atom. The summed E-state index contributed by atoms with van der Waals surface area (Å²) in [6.07, 6.45) is -1.89. The number of nitro benzene ring substituents is 2. The second-order valence-corrected chi connectivity index (χ2v) is 7.40. The zero-order chi connectivity index (χ0) is 27.1. The van der Waals surface area contributed by atoms with Gasteiger partial charge < -0.3 is 31.0 Å². The number of nitrogen functional groups attached to an aromatic ring is 2. The standard InChI is InChI=1S/C23H21N5O9/c1-35-19-5-3-2-4-17(19)26-23(30)22(37-21-11-14(28(33)34)7-9-16(21)25)18(29)12-36-20-10-13(27(31)32)6-8-15(20)24/h2-11,22H,12,24-25H2,1H3,(H,26,30). The molecule has 0 radical (unpaired) electrons. The topological polar surface area (TPSA) is 212 Å². The molecule has 1 amide bonds. The molecule has 192 valence electrons. The van der Waals surface area contributed by atoms with Gasteiger partial charge in [-0.05, 0) is 24.3 Å². The van der Waals surface area contributed by atoms with Gasteiger partial charge in [-0.2, -0.15) is 0 Å². The summed E-state index contributed by atoms with van der Waals surface area (Å²) in [7, 11) is 1.38. The van der Waals surface area contributed by atoms with Crippen LogP contribution >= 0.6 is 0 Å². The Balaban J connectivity index is 1.90. The summed E-state index contributed by atoms with van der Waals surface area (Å²) >= 11 is 0. The van der Waals surface area contributed by atoms with E-state index >= 15 is 0 Å². The van der Waals surface area contributed by atoms with Crippen molar-refractivity contribution in [3.05, 3.63) is 80.9 Å². The Hall–Kier alpha value is -5.40. The van der Waals surface area contributed by atoms with Gasteiger partial charge >= 0.3 is 0 Å². The highest BCUT2D eigenvalue weighted by atomic mass is 16.6. The molecule has 0 fully saturated rings. The summed E-state index contributed by atoms with van der Waals surface area (Å²) < 4.78 is 16.1. The first-order valence-corrected chi connectivity index (χ1v) is 10.4. The van der Waals surface area contributed by atoms with Gasteiger partial charge in [0.1, 0.15) is 11.5 Å². The number of ether oxygens (including phenoxy) is 3. The average molecular weight is 511 g/mol. The van der Waals surface area contributed by atoms with E-state index in [9.17, 15) is 29.8 Å². The number of nitrogens with two attached hydrogens (primary N) is 2. The number of Topliss-reactive ketones (excluding diaryl/α,β-unsaturated/α-hetero) is 1. The molecule has 0 saturated carbocycles. The Kier molecular flexibility index (Phi) is 8.04. The molecule has 37 heavy (non-hydrogen) atoms.